The van der Waals surface area contributed by atoms with Crippen molar-refractivity contribution in [3.63, 3.8) is 0 Å². The summed E-state index contributed by atoms with van der Waals surface area (Å²) < 4.78 is 15.8. The summed E-state index contributed by atoms with van der Waals surface area (Å²) in [6, 6.07) is 8.90. The fourth-order valence-corrected chi connectivity index (χ4v) is 3.84. The van der Waals surface area contributed by atoms with E-state index in [1.165, 1.54) is 22.7 Å². The number of hydrogen-bond acceptors (Lipinski definition) is 4. The summed E-state index contributed by atoms with van der Waals surface area (Å²) in [5, 5.41) is 11.4. The summed E-state index contributed by atoms with van der Waals surface area (Å²) >= 11 is 3.17. The Bertz CT molecular complexity index is 823. The number of thiophene rings is 1. The third-order valence-corrected chi connectivity index (χ3v) is 5.21. The van der Waals surface area contributed by atoms with E-state index < -0.39 is 0 Å². The van der Waals surface area contributed by atoms with Crippen molar-refractivity contribution in [1.29, 1.82) is 0 Å². The third-order valence-electron chi connectivity index (χ3n) is 3.33. The highest BCUT2D eigenvalue weighted by Crippen LogP contribution is 2.29. The molecule has 23 heavy (non-hydrogen) atoms. The van der Waals surface area contributed by atoms with Gasteiger partial charge in [0, 0.05) is 28.1 Å². The molecule has 2 heterocycles. The highest BCUT2D eigenvalue weighted by atomic mass is 32.2. The molecule has 0 radical (unpaired) electrons. The lowest BCUT2D eigenvalue weighted by Gasteiger charge is -2.07. The van der Waals surface area contributed by atoms with E-state index in [0.29, 0.717) is 17.9 Å². The minimum Gasteiger partial charge on any atom is -0.298 e. The van der Waals surface area contributed by atoms with Crippen molar-refractivity contribution in [2.75, 3.05) is 0 Å². The van der Waals surface area contributed by atoms with Crippen LogP contribution in [0.15, 0.2) is 53.5 Å². The van der Waals surface area contributed by atoms with Crippen LogP contribution in [-0.4, -0.2) is 14.8 Å². The number of aryl methyl sites for hydroxylation is 1. The third kappa shape index (κ3) is 3.54. The number of nitrogens with zero attached hydrogens (tertiary/aromatic N) is 3. The highest BCUT2D eigenvalue weighted by molar-refractivity contribution is 7.98. The lowest BCUT2D eigenvalue weighted by molar-refractivity contribution is 0.617. The molecule has 0 spiro atoms. The molecule has 0 unspecified atom stereocenters. The second-order valence-corrected chi connectivity index (χ2v) is 7.09. The first kappa shape index (κ1) is 16.0. The van der Waals surface area contributed by atoms with Crippen molar-refractivity contribution >= 4 is 23.1 Å². The molecule has 1 aromatic carbocycles. The van der Waals surface area contributed by atoms with E-state index >= 15 is 0 Å². The molecule has 3 aromatic rings. The molecule has 0 saturated heterocycles. The Labute approximate surface area is 142 Å². The Morgan fingerprint density at radius 1 is 1.35 bits per heavy atom. The van der Waals surface area contributed by atoms with Gasteiger partial charge in [-0.1, -0.05) is 36.0 Å². The molecule has 0 fully saturated rings. The second kappa shape index (κ2) is 7.10. The minimum absolute atomic E-state index is 0.191. The first-order valence-corrected chi connectivity index (χ1v) is 9.01. The number of aromatic nitrogens is 3. The largest absolute Gasteiger partial charge is 0.298 e. The van der Waals surface area contributed by atoms with Crippen LogP contribution in [-0.2, 0) is 12.3 Å². The average Bonchev–Trinajstić information content (AvgIpc) is 3.13. The zero-order valence-corrected chi connectivity index (χ0v) is 14.3. The number of allylic oxidation sites excluding steroid dienone is 1. The van der Waals surface area contributed by atoms with Crippen LogP contribution in [0.3, 0.4) is 0 Å². The molecule has 0 bridgehead atoms. The van der Waals surface area contributed by atoms with Crippen molar-refractivity contribution in [3.8, 4) is 11.4 Å². The molecule has 0 aliphatic heterocycles. The van der Waals surface area contributed by atoms with Crippen LogP contribution in [0.4, 0.5) is 4.39 Å². The first-order valence-electron chi connectivity index (χ1n) is 7.15. The van der Waals surface area contributed by atoms with Crippen LogP contribution < -0.4 is 0 Å². The van der Waals surface area contributed by atoms with Crippen molar-refractivity contribution in [1.82, 2.24) is 14.8 Å². The molecular weight excluding hydrogens is 329 g/mol. The van der Waals surface area contributed by atoms with Gasteiger partial charge in [0.2, 0.25) is 0 Å². The molecule has 0 aliphatic carbocycles. The van der Waals surface area contributed by atoms with Crippen LogP contribution >= 0.6 is 23.1 Å². The molecule has 0 aliphatic rings. The van der Waals surface area contributed by atoms with Gasteiger partial charge in [-0.05, 0) is 24.6 Å². The number of thioether (sulfide) groups is 1. The minimum atomic E-state index is -0.191. The van der Waals surface area contributed by atoms with Gasteiger partial charge in [0.05, 0.1) is 0 Å². The van der Waals surface area contributed by atoms with E-state index in [2.05, 4.69) is 35.1 Å². The number of benzene rings is 1. The van der Waals surface area contributed by atoms with E-state index in [4.69, 9.17) is 0 Å². The molecule has 0 saturated carbocycles. The van der Waals surface area contributed by atoms with E-state index in [0.717, 1.165) is 16.5 Å². The van der Waals surface area contributed by atoms with E-state index in [1.807, 2.05) is 16.7 Å². The van der Waals surface area contributed by atoms with E-state index in [1.54, 1.807) is 23.5 Å². The summed E-state index contributed by atoms with van der Waals surface area (Å²) in [6.07, 6.45) is 1.82. The smallest absolute Gasteiger partial charge is 0.192 e. The standard InChI is InChI=1S/C17H16FN3S2/c1-3-8-21-16(14-9-12(2)22-11-14)19-20-17(21)23-10-13-6-4-5-7-15(13)18/h3-7,9,11H,1,8,10H2,2H3. The van der Waals surface area contributed by atoms with Crippen molar-refractivity contribution in [2.45, 2.75) is 24.4 Å². The van der Waals surface area contributed by atoms with Crippen LogP contribution in [0.1, 0.15) is 10.4 Å². The second-order valence-electron chi connectivity index (χ2n) is 5.03. The molecule has 2 aromatic heterocycles. The predicted molar refractivity (Wildman–Crippen MR) is 94.2 cm³/mol. The van der Waals surface area contributed by atoms with Crippen LogP contribution in [0.5, 0.6) is 0 Å². The van der Waals surface area contributed by atoms with Gasteiger partial charge in [0.25, 0.3) is 0 Å². The molecule has 3 nitrogen and oxygen atoms in total. The van der Waals surface area contributed by atoms with Gasteiger partial charge in [0.1, 0.15) is 5.82 Å². The number of halogens is 1. The summed E-state index contributed by atoms with van der Waals surface area (Å²) in [6.45, 7) is 6.49. The normalized spacial score (nSPS) is 10.9. The summed E-state index contributed by atoms with van der Waals surface area (Å²) in [4.78, 5) is 1.23. The van der Waals surface area contributed by atoms with Crippen molar-refractivity contribution < 1.29 is 4.39 Å². The Kier molecular flexibility index (Phi) is 4.93. The SMILES string of the molecule is C=CCn1c(SCc2ccccc2F)nnc1-c1csc(C)c1. The van der Waals surface area contributed by atoms with Gasteiger partial charge in [0.15, 0.2) is 11.0 Å². The van der Waals surface area contributed by atoms with Crippen LogP contribution in [0, 0.1) is 12.7 Å². The molecular formula is C17H16FN3S2. The summed E-state index contributed by atoms with van der Waals surface area (Å²) in [5.74, 6) is 1.15. The maximum Gasteiger partial charge on any atom is 0.192 e. The molecule has 6 heteroatoms. The first-order chi connectivity index (χ1) is 11.2. The van der Waals surface area contributed by atoms with Crippen molar-refractivity contribution in [3.05, 3.63) is 64.6 Å². The maximum atomic E-state index is 13.7. The van der Waals surface area contributed by atoms with Crippen LogP contribution in [0.25, 0.3) is 11.4 Å². The topological polar surface area (TPSA) is 30.7 Å². The lowest BCUT2D eigenvalue weighted by Crippen LogP contribution is -2.00. The van der Waals surface area contributed by atoms with Gasteiger partial charge < -0.3 is 0 Å². The quantitative estimate of drug-likeness (QED) is 0.469. The van der Waals surface area contributed by atoms with Gasteiger partial charge in [-0.3, -0.25) is 4.57 Å². The van der Waals surface area contributed by atoms with Crippen LogP contribution in [0.2, 0.25) is 0 Å². The zero-order valence-electron chi connectivity index (χ0n) is 12.7. The summed E-state index contributed by atoms with van der Waals surface area (Å²) in [7, 11) is 0. The Hall–Kier alpha value is -1.92. The predicted octanol–water partition coefficient (Wildman–Crippen LogP) is 4.93. The number of hydrogen-bond donors (Lipinski definition) is 0. The Morgan fingerprint density at radius 3 is 2.87 bits per heavy atom. The molecule has 118 valence electrons. The lowest BCUT2D eigenvalue weighted by atomic mass is 10.2. The fraction of sp³-hybridized carbons (Fsp3) is 0.176. The average molecular weight is 345 g/mol. The van der Waals surface area contributed by atoms with Gasteiger partial charge in [-0.2, -0.15) is 0 Å². The van der Waals surface area contributed by atoms with Gasteiger partial charge in [-0.15, -0.1) is 28.1 Å². The molecule has 0 amide bonds. The molecule has 0 atom stereocenters. The Morgan fingerprint density at radius 2 is 2.17 bits per heavy atom. The fourth-order valence-electron chi connectivity index (χ4n) is 2.22. The monoisotopic (exact) mass is 345 g/mol. The van der Waals surface area contributed by atoms with E-state index in [9.17, 15) is 4.39 Å². The van der Waals surface area contributed by atoms with Crippen molar-refractivity contribution in [2.24, 2.45) is 0 Å². The number of rotatable bonds is 6. The molecule has 0 N–H and O–H groups in total. The highest BCUT2D eigenvalue weighted by Gasteiger charge is 2.15. The molecule has 3 rings (SSSR count). The van der Waals surface area contributed by atoms with Gasteiger partial charge >= 0.3 is 0 Å². The summed E-state index contributed by atoms with van der Waals surface area (Å²) in [5.41, 5.74) is 1.72. The Balaban J connectivity index is 1.86. The van der Waals surface area contributed by atoms with E-state index in [-0.39, 0.29) is 5.82 Å². The maximum absolute atomic E-state index is 13.7. The van der Waals surface area contributed by atoms with Gasteiger partial charge in [-0.25, -0.2) is 4.39 Å². The zero-order chi connectivity index (χ0) is 16.2.